The molecule has 1 atom stereocenters. The van der Waals surface area contributed by atoms with E-state index in [1.807, 2.05) is 37.3 Å². The van der Waals surface area contributed by atoms with E-state index in [-0.39, 0.29) is 0 Å². The van der Waals surface area contributed by atoms with Crippen molar-refractivity contribution in [1.82, 2.24) is 0 Å². The fourth-order valence-corrected chi connectivity index (χ4v) is 2.64. The Bertz CT molecular complexity index is 613. The quantitative estimate of drug-likeness (QED) is 0.861. The van der Waals surface area contributed by atoms with Gasteiger partial charge in [0.15, 0.2) is 0 Å². The summed E-state index contributed by atoms with van der Waals surface area (Å²) < 4.78 is 6.03. The fourth-order valence-electron chi connectivity index (χ4n) is 2.13. The van der Waals surface area contributed by atoms with Crippen LogP contribution in [0.4, 0.5) is 0 Å². The number of methoxy groups -OCH3 is 1. The van der Waals surface area contributed by atoms with Gasteiger partial charge in [-0.2, -0.15) is 0 Å². The maximum atomic E-state index is 10.3. The maximum Gasteiger partial charge on any atom is 0.121 e. The first kappa shape index (κ1) is 15.4. The zero-order chi connectivity index (χ0) is 14.7. The Kier molecular flexibility index (Phi) is 5.08. The summed E-state index contributed by atoms with van der Waals surface area (Å²) in [6.07, 6.45) is -0.00445. The molecule has 2 nitrogen and oxygen atoms in total. The largest absolute Gasteiger partial charge is 0.496 e. The Labute approximate surface area is 132 Å². The lowest BCUT2D eigenvalue weighted by atomic mass is 10.00. The smallest absolute Gasteiger partial charge is 0.121 e. The van der Waals surface area contributed by atoms with E-state index in [1.165, 1.54) is 0 Å². The average molecular weight is 356 g/mol. The third-order valence-corrected chi connectivity index (χ3v) is 4.43. The van der Waals surface area contributed by atoms with E-state index in [1.54, 1.807) is 13.2 Å². The van der Waals surface area contributed by atoms with Crippen LogP contribution in [0.1, 0.15) is 22.8 Å². The van der Waals surface area contributed by atoms with Crippen LogP contribution in [-0.4, -0.2) is 12.2 Å². The van der Waals surface area contributed by atoms with E-state index in [9.17, 15) is 5.11 Å². The highest BCUT2D eigenvalue weighted by Gasteiger charge is 2.11. The van der Waals surface area contributed by atoms with Gasteiger partial charge in [-0.15, -0.1) is 0 Å². The van der Waals surface area contributed by atoms with Crippen LogP contribution in [-0.2, 0) is 6.42 Å². The van der Waals surface area contributed by atoms with Crippen molar-refractivity contribution in [2.45, 2.75) is 19.4 Å². The third kappa shape index (κ3) is 3.54. The Morgan fingerprint density at radius 2 is 2.00 bits per heavy atom. The van der Waals surface area contributed by atoms with E-state index >= 15 is 0 Å². The fraction of sp³-hybridized carbons (Fsp3) is 0.250. The molecule has 106 valence electrons. The van der Waals surface area contributed by atoms with Crippen LogP contribution in [0.25, 0.3) is 0 Å². The van der Waals surface area contributed by atoms with Gasteiger partial charge in [0.1, 0.15) is 5.75 Å². The third-order valence-electron chi connectivity index (χ3n) is 3.22. The molecule has 2 aromatic carbocycles. The second-order valence-corrected chi connectivity index (χ2v) is 5.96. The second-order valence-electron chi connectivity index (χ2n) is 4.70. The van der Waals surface area contributed by atoms with Crippen molar-refractivity contribution in [3.05, 3.63) is 62.6 Å². The first-order valence-corrected chi connectivity index (χ1v) is 7.45. The topological polar surface area (TPSA) is 29.5 Å². The summed E-state index contributed by atoms with van der Waals surface area (Å²) in [4.78, 5) is 0. The number of aryl methyl sites for hydroxylation is 1. The lowest BCUT2D eigenvalue weighted by Crippen LogP contribution is -2.02. The summed E-state index contributed by atoms with van der Waals surface area (Å²) >= 11 is 9.33. The molecule has 0 saturated heterocycles. The lowest BCUT2D eigenvalue weighted by molar-refractivity contribution is 0.178. The van der Waals surface area contributed by atoms with E-state index in [2.05, 4.69) is 15.9 Å². The number of hydrogen-bond donors (Lipinski definition) is 1. The Hall–Kier alpha value is -1.03. The highest BCUT2D eigenvalue weighted by molar-refractivity contribution is 9.10. The molecule has 2 aromatic rings. The van der Waals surface area contributed by atoms with Crippen LogP contribution in [0.15, 0.2) is 40.9 Å². The molecule has 0 aliphatic carbocycles. The molecular formula is C16H16BrClO2. The second kappa shape index (κ2) is 6.61. The van der Waals surface area contributed by atoms with Crippen molar-refractivity contribution in [3.63, 3.8) is 0 Å². The molecule has 0 spiro atoms. The molecule has 0 aliphatic heterocycles. The molecule has 0 heterocycles. The SMILES string of the molecule is COc1ccc(CC(O)c2ccc(Cl)c(Br)c2)cc1C. The Morgan fingerprint density at radius 1 is 1.25 bits per heavy atom. The lowest BCUT2D eigenvalue weighted by Gasteiger charge is -2.13. The normalized spacial score (nSPS) is 12.2. The minimum atomic E-state index is -0.559. The number of hydrogen-bond acceptors (Lipinski definition) is 2. The van der Waals surface area contributed by atoms with Crippen molar-refractivity contribution in [3.8, 4) is 5.75 Å². The molecule has 4 heteroatoms. The predicted octanol–water partition coefficient (Wildman–Crippen LogP) is 4.70. The van der Waals surface area contributed by atoms with Crippen LogP contribution in [0.2, 0.25) is 5.02 Å². The summed E-state index contributed by atoms with van der Waals surface area (Å²) in [5, 5.41) is 11.0. The molecule has 0 amide bonds. The summed E-state index contributed by atoms with van der Waals surface area (Å²) in [7, 11) is 1.65. The molecule has 2 rings (SSSR count). The van der Waals surface area contributed by atoms with Gasteiger partial charge in [-0.1, -0.05) is 29.8 Å². The van der Waals surface area contributed by atoms with Gasteiger partial charge in [0.25, 0.3) is 0 Å². The summed E-state index contributed by atoms with van der Waals surface area (Å²) in [5.74, 6) is 0.859. The van der Waals surface area contributed by atoms with Gasteiger partial charge in [-0.25, -0.2) is 0 Å². The van der Waals surface area contributed by atoms with Crippen molar-refractivity contribution < 1.29 is 9.84 Å². The van der Waals surface area contributed by atoms with Gasteiger partial charge >= 0.3 is 0 Å². The first-order valence-electron chi connectivity index (χ1n) is 6.28. The van der Waals surface area contributed by atoms with Gasteiger partial charge in [0.2, 0.25) is 0 Å². The number of aliphatic hydroxyl groups excluding tert-OH is 1. The van der Waals surface area contributed by atoms with Crippen LogP contribution in [0.5, 0.6) is 5.75 Å². The van der Waals surface area contributed by atoms with Gasteiger partial charge in [-0.05, 0) is 57.7 Å². The summed E-state index contributed by atoms with van der Waals surface area (Å²) in [5.41, 5.74) is 2.98. The number of halogens is 2. The molecule has 0 fully saturated rings. The highest BCUT2D eigenvalue weighted by atomic mass is 79.9. The summed E-state index contributed by atoms with van der Waals surface area (Å²) in [6.45, 7) is 1.99. The Morgan fingerprint density at radius 3 is 2.60 bits per heavy atom. The molecular weight excluding hydrogens is 340 g/mol. The number of benzene rings is 2. The van der Waals surface area contributed by atoms with Gasteiger partial charge in [0, 0.05) is 10.9 Å². The van der Waals surface area contributed by atoms with Crippen molar-refractivity contribution >= 4 is 27.5 Å². The molecule has 0 radical (unpaired) electrons. The number of aliphatic hydroxyl groups is 1. The van der Waals surface area contributed by atoms with E-state index in [4.69, 9.17) is 16.3 Å². The van der Waals surface area contributed by atoms with E-state index in [0.29, 0.717) is 11.4 Å². The van der Waals surface area contributed by atoms with Crippen molar-refractivity contribution in [2.24, 2.45) is 0 Å². The van der Waals surface area contributed by atoms with E-state index < -0.39 is 6.10 Å². The zero-order valence-electron chi connectivity index (χ0n) is 11.4. The van der Waals surface area contributed by atoms with Crippen LogP contribution in [0, 0.1) is 6.92 Å². The van der Waals surface area contributed by atoms with E-state index in [0.717, 1.165) is 26.9 Å². The standard InChI is InChI=1S/C16H16BrClO2/c1-10-7-11(3-6-16(10)20-2)8-15(19)12-4-5-14(18)13(17)9-12/h3-7,9,15,19H,8H2,1-2H3. The molecule has 0 saturated carbocycles. The average Bonchev–Trinajstić information content (AvgIpc) is 2.42. The van der Waals surface area contributed by atoms with Crippen molar-refractivity contribution in [2.75, 3.05) is 7.11 Å². The predicted molar refractivity (Wildman–Crippen MR) is 85.5 cm³/mol. The molecule has 1 N–H and O–H groups in total. The Balaban J connectivity index is 2.16. The minimum Gasteiger partial charge on any atom is -0.496 e. The number of ether oxygens (including phenoxy) is 1. The van der Waals surface area contributed by atoms with Gasteiger partial charge in [-0.3, -0.25) is 0 Å². The van der Waals surface area contributed by atoms with Gasteiger partial charge < -0.3 is 9.84 Å². The monoisotopic (exact) mass is 354 g/mol. The molecule has 0 bridgehead atoms. The highest BCUT2D eigenvalue weighted by Crippen LogP contribution is 2.28. The first-order chi connectivity index (χ1) is 9.51. The zero-order valence-corrected chi connectivity index (χ0v) is 13.7. The van der Waals surface area contributed by atoms with Crippen LogP contribution < -0.4 is 4.74 Å². The molecule has 0 aliphatic rings. The molecule has 1 unspecified atom stereocenters. The van der Waals surface area contributed by atoms with Gasteiger partial charge in [0.05, 0.1) is 18.2 Å². The maximum absolute atomic E-state index is 10.3. The minimum absolute atomic E-state index is 0.554. The molecule has 0 aromatic heterocycles. The van der Waals surface area contributed by atoms with Crippen LogP contribution >= 0.6 is 27.5 Å². The summed E-state index contributed by atoms with van der Waals surface area (Å²) in [6, 6.07) is 11.4. The van der Waals surface area contributed by atoms with Crippen LogP contribution in [0.3, 0.4) is 0 Å². The number of rotatable bonds is 4. The van der Waals surface area contributed by atoms with Crippen molar-refractivity contribution in [1.29, 1.82) is 0 Å². The molecule has 20 heavy (non-hydrogen) atoms.